The van der Waals surface area contributed by atoms with E-state index in [9.17, 15) is 13.2 Å². The molecule has 2 aromatic carbocycles. The Morgan fingerprint density at radius 1 is 0.895 bits per heavy atom. The van der Waals surface area contributed by atoms with Crippen LogP contribution in [0.3, 0.4) is 0 Å². The molecule has 0 bridgehead atoms. The number of benzene rings is 2. The monoisotopic (exact) mass is 268 g/mol. The second-order valence-electron chi connectivity index (χ2n) is 3.60. The van der Waals surface area contributed by atoms with Gasteiger partial charge in [0.2, 0.25) is 0 Å². The van der Waals surface area contributed by atoms with E-state index in [-0.39, 0.29) is 17.1 Å². The number of halogens is 3. The van der Waals surface area contributed by atoms with Gasteiger partial charge in [-0.3, -0.25) is 0 Å². The molecule has 0 saturated carbocycles. The molecule has 0 atom stereocenters. The van der Waals surface area contributed by atoms with Crippen molar-refractivity contribution in [2.75, 3.05) is 0 Å². The van der Waals surface area contributed by atoms with Crippen molar-refractivity contribution in [1.29, 1.82) is 0 Å². The number of ether oxygens (including phenoxy) is 1. The van der Waals surface area contributed by atoms with Crippen LogP contribution in [0.2, 0.25) is 0 Å². The molecular formula is C15H15F3O. The van der Waals surface area contributed by atoms with E-state index < -0.39 is 17.5 Å². The normalized spacial score (nSPS) is 9.58. The van der Waals surface area contributed by atoms with Crippen molar-refractivity contribution in [3.8, 4) is 11.5 Å². The largest absolute Gasteiger partial charge is 0.457 e. The summed E-state index contributed by atoms with van der Waals surface area (Å²) in [6, 6.07) is 7.70. The van der Waals surface area contributed by atoms with Gasteiger partial charge in [0.25, 0.3) is 0 Å². The Morgan fingerprint density at radius 3 is 2.16 bits per heavy atom. The molecule has 0 aliphatic rings. The zero-order chi connectivity index (χ0) is 14.4. The van der Waals surface area contributed by atoms with Gasteiger partial charge in [0.15, 0.2) is 11.6 Å². The fraction of sp³-hybridized carbons (Fsp3) is 0.200. The van der Waals surface area contributed by atoms with Gasteiger partial charge in [-0.2, -0.15) is 0 Å². The van der Waals surface area contributed by atoms with E-state index in [1.165, 1.54) is 31.2 Å². The Balaban J connectivity index is 0.000000861. The average molecular weight is 268 g/mol. The van der Waals surface area contributed by atoms with Gasteiger partial charge in [-0.15, -0.1) is 0 Å². The predicted molar refractivity (Wildman–Crippen MR) is 68.9 cm³/mol. The summed E-state index contributed by atoms with van der Waals surface area (Å²) in [6.45, 7) is 5.43. The van der Waals surface area contributed by atoms with Gasteiger partial charge in [-0.1, -0.05) is 19.9 Å². The van der Waals surface area contributed by atoms with E-state index in [4.69, 9.17) is 4.74 Å². The molecule has 0 radical (unpaired) electrons. The van der Waals surface area contributed by atoms with Crippen molar-refractivity contribution in [2.45, 2.75) is 20.8 Å². The minimum absolute atomic E-state index is 0.131. The van der Waals surface area contributed by atoms with E-state index in [1.807, 2.05) is 13.8 Å². The topological polar surface area (TPSA) is 9.23 Å². The van der Waals surface area contributed by atoms with E-state index in [1.54, 1.807) is 0 Å². The maximum absolute atomic E-state index is 13.1. The first-order valence-electron chi connectivity index (χ1n) is 5.95. The van der Waals surface area contributed by atoms with Gasteiger partial charge >= 0.3 is 0 Å². The summed E-state index contributed by atoms with van der Waals surface area (Å²) in [4.78, 5) is 0. The Bertz CT molecular complexity index is 530. The minimum Gasteiger partial charge on any atom is -0.457 e. The van der Waals surface area contributed by atoms with Crippen molar-refractivity contribution in [1.82, 2.24) is 0 Å². The average Bonchev–Trinajstić information content (AvgIpc) is 2.38. The van der Waals surface area contributed by atoms with Gasteiger partial charge in [0.05, 0.1) is 0 Å². The van der Waals surface area contributed by atoms with E-state index in [0.29, 0.717) is 0 Å². The standard InChI is InChI=1S/C13H9F3O.C2H6/c1-8-5-11(7-12(15)13(8)16)17-10-4-2-3-9(14)6-10;1-2/h2-7H,1H3;1-2H3. The van der Waals surface area contributed by atoms with Crippen LogP contribution >= 0.6 is 0 Å². The van der Waals surface area contributed by atoms with Crippen LogP contribution in [-0.2, 0) is 0 Å². The van der Waals surface area contributed by atoms with E-state index in [0.717, 1.165) is 12.1 Å². The van der Waals surface area contributed by atoms with Gasteiger partial charge in [-0.25, -0.2) is 13.2 Å². The van der Waals surface area contributed by atoms with Crippen LogP contribution in [0, 0.1) is 24.4 Å². The number of hydrogen-bond donors (Lipinski definition) is 0. The summed E-state index contributed by atoms with van der Waals surface area (Å²) in [5.74, 6) is -1.99. The molecule has 102 valence electrons. The van der Waals surface area contributed by atoms with E-state index in [2.05, 4.69) is 0 Å². The molecule has 0 amide bonds. The van der Waals surface area contributed by atoms with Crippen LogP contribution in [0.15, 0.2) is 36.4 Å². The Morgan fingerprint density at radius 2 is 1.58 bits per heavy atom. The molecule has 2 aromatic rings. The summed E-state index contributed by atoms with van der Waals surface area (Å²) in [5.41, 5.74) is 0.136. The lowest BCUT2D eigenvalue weighted by Crippen LogP contribution is -1.92. The Kier molecular flexibility index (Phi) is 5.42. The van der Waals surface area contributed by atoms with Crippen LogP contribution < -0.4 is 4.74 Å². The molecule has 4 heteroatoms. The third-order valence-corrected chi connectivity index (χ3v) is 2.22. The van der Waals surface area contributed by atoms with Crippen LogP contribution in [-0.4, -0.2) is 0 Å². The number of hydrogen-bond acceptors (Lipinski definition) is 1. The molecule has 0 aliphatic carbocycles. The van der Waals surface area contributed by atoms with Crippen molar-refractivity contribution >= 4 is 0 Å². The molecule has 0 fully saturated rings. The molecule has 0 spiro atoms. The Labute approximate surface area is 110 Å². The third-order valence-electron chi connectivity index (χ3n) is 2.22. The highest BCUT2D eigenvalue weighted by Crippen LogP contribution is 2.25. The molecule has 19 heavy (non-hydrogen) atoms. The molecule has 0 aromatic heterocycles. The van der Waals surface area contributed by atoms with Gasteiger partial charge in [0, 0.05) is 12.1 Å². The van der Waals surface area contributed by atoms with Crippen molar-refractivity contribution < 1.29 is 17.9 Å². The van der Waals surface area contributed by atoms with Gasteiger partial charge in [-0.05, 0) is 30.7 Å². The SMILES string of the molecule is CC.Cc1cc(Oc2cccc(F)c2)cc(F)c1F. The highest BCUT2D eigenvalue weighted by Gasteiger charge is 2.08. The second kappa shape index (κ2) is 6.83. The zero-order valence-corrected chi connectivity index (χ0v) is 11.0. The summed E-state index contributed by atoms with van der Waals surface area (Å²) in [5, 5.41) is 0. The fourth-order valence-electron chi connectivity index (χ4n) is 1.42. The maximum Gasteiger partial charge on any atom is 0.162 e. The molecule has 2 rings (SSSR count). The predicted octanol–water partition coefficient (Wildman–Crippen LogP) is 5.23. The first-order chi connectivity index (χ1) is 9.06. The lowest BCUT2D eigenvalue weighted by atomic mass is 10.2. The van der Waals surface area contributed by atoms with Crippen LogP contribution in [0.4, 0.5) is 13.2 Å². The third kappa shape index (κ3) is 4.02. The van der Waals surface area contributed by atoms with Crippen molar-refractivity contribution in [3.63, 3.8) is 0 Å². The summed E-state index contributed by atoms with van der Waals surface area (Å²) < 4.78 is 44.2. The smallest absolute Gasteiger partial charge is 0.162 e. The lowest BCUT2D eigenvalue weighted by Gasteiger charge is -2.07. The first kappa shape index (κ1) is 15.1. The second-order valence-corrected chi connectivity index (χ2v) is 3.60. The summed E-state index contributed by atoms with van der Waals surface area (Å²) in [6.07, 6.45) is 0. The van der Waals surface area contributed by atoms with Crippen LogP contribution in [0.5, 0.6) is 11.5 Å². The number of aryl methyl sites for hydroxylation is 1. The molecule has 0 N–H and O–H groups in total. The summed E-state index contributed by atoms with van der Waals surface area (Å²) in [7, 11) is 0. The maximum atomic E-state index is 13.1. The lowest BCUT2D eigenvalue weighted by molar-refractivity contribution is 0.455. The van der Waals surface area contributed by atoms with Crippen LogP contribution in [0.1, 0.15) is 19.4 Å². The fourth-order valence-corrected chi connectivity index (χ4v) is 1.42. The quantitative estimate of drug-likeness (QED) is 0.724. The van der Waals surface area contributed by atoms with Crippen molar-refractivity contribution in [3.05, 3.63) is 59.4 Å². The Hall–Kier alpha value is -1.97. The van der Waals surface area contributed by atoms with E-state index >= 15 is 0 Å². The molecule has 1 nitrogen and oxygen atoms in total. The molecule has 0 unspecified atom stereocenters. The first-order valence-corrected chi connectivity index (χ1v) is 5.95. The van der Waals surface area contributed by atoms with Crippen LogP contribution in [0.25, 0.3) is 0 Å². The molecular weight excluding hydrogens is 253 g/mol. The van der Waals surface area contributed by atoms with Gasteiger partial charge < -0.3 is 4.74 Å². The zero-order valence-electron chi connectivity index (χ0n) is 11.0. The highest BCUT2D eigenvalue weighted by molar-refractivity contribution is 5.35. The summed E-state index contributed by atoms with van der Waals surface area (Å²) >= 11 is 0. The highest BCUT2D eigenvalue weighted by atomic mass is 19.2. The minimum atomic E-state index is -0.989. The van der Waals surface area contributed by atoms with Gasteiger partial charge in [0.1, 0.15) is 17.3 Å². The molecule has 0 aliphatic heterocycles. The molecule has 0 heterocycles. The molecule has 0 saturated heterocycles. The number of rotatable bonds is 2. The van der Waals surface area contributed by atoms with Crippen molar-refractivity contribution in [2.24, 2.45) is 0 Å².